The average molecular weight is 580 g/mol. The van der Waals surface area contributed by atoms with Crippen LogP contribution in [0.2, 0.25) is 0 Å². The monoisotopic (exact) mass is 579 g/mol. The number of benzene rings is 2. The van der Waals surface area contributed by atoms with Crippen LogP contribution < -0.4 is 20.4 Å². The molecule has 210 valence electrons. The van der Waals surface area contributed by atoms with Gasteiger partial charge in [-0.2, -0.15) is 18.0 Å². The molecular weight excluding hydrogens is 550 g/mol. The second-order valence-corrected chi connectivity index (χ2v) is 11.6. The Morgan fingerprint density at radius 1 is 1.13 bits per heavy atom. The number of oxime groups is 1. The molecule has 4 N–H and O–H groups in total. The summed E-state index contributed by atoms with van der Waals surface area (Å²) in [6.07, 6.45) is 2.67. The summed E-state index contributed by atoms with van der Waals surface area (Å²) >= 11 is 0. The Hall–Kier alpha value is -4.00. The summed E-state index contributed by atoms with van der Waals surface area (Å²) < 4.78 is 71.3. The lowest BCUT2D eigenvalue weighted by Gasteiger charge is -2.27. The van der Waals surface area contributed by atoms with Crippen molar-refractivity contribution in [1.29, 1.82) is 5.26 Å². The summed E-state index contributed by atoms with van der Waals surface area (Å²) in [5, 5.41) is 12.4. The van der Waals surface area contributed by atoms with Gasteiger partial charge in [0.15, 0.2) is 6.23 Å². The number of hydrogen-bond donors (Lipinski definition) is 2. The van der Waals surface area contributed by atoms with Crippen LogP contribution in [0.3, 0.4) is 0 Å². The van der Waals surface area contributed by atoms with E-state index in [4.69, 9.17) is 35.2 Å². The van der Waals surface area contributed by atoms with Crippen molar-refractivity contribution < 1.29 is 35.3 Å². The van der Waals surface area contributed by atoms with Crippen molar-refractivity contribution in [1.82, 2.24) is 4.31 Å². The summed E-state index contributed by atoms with van der Waals surface area (Å²) in [5.41, 5.74) is 11.0. The third-order valence-electron chi connectivity index (χ3n) is 5.19. The van der Waals surface area contributed by atoms with Crippen LogP contribution in [0.15, 0.2) is 69.7 Å². The summed E-state index contributed by atoms with van der Waals surface area (Å²) in [5.74, 6) is 0.0563. The normalized spacial score (nSPS) is 14.8. The van der Waals surface area contributed by atoms with E-state index in [-0.39, 0.29) is 44.3 Å². The molecule has 0 fully saturated rings. The number of sulfonamides is 1. The number of nitriles is 1. The summed E-state index contributed by atoms with van der Waals surface area (Å²) in [4.78, 5) is 3.83. The first-order chi connectivity index (χ1) is 18.5. The minimum atomic E-state index is -4.62. The lowest BCUT2D eigenvalue weighted by molar-refractivity contribution is 0.0668. The van der Waals surface area contributed by atoms with Gasteiger partial charge in [-0.25, -0.2) is 8.42 Å². The molecule has 2 aromatic rings. The molecule has 1 atom stereocenters. The van der Waals surface area contributed by atoms with Gasteiger partial charge >= 0.3 is 10.1 Å². The molecule has 0 saturated carbocycles. The van der Waals surface area contributed by atoms with Gasteiger partial charge in [-0.05, 0) is 48.0 Å². The van der Waals surface area contributed by atoms with Crippen LogP contribution >= 0.6 is 0 Å². The van der Waals surface area contributed by atoms with Crippen molar-refractivity contribution >= 4 is 26.1 Å². The molecule has 0 radical (unpaired) electrons. The minimum Gasteiger partial charge on any atom is -0.493 e. The predicted molar refractivity (Wildman–Crippen MR) is 140 cm³/mol. The first-order valence-electron chi connectivity index (χ1n) is 11.7. The lowest BCUT2D eigenvalue weighted by Crippen LogP contribution is -2.41. The topological polar surface area (TPSA) is 197 Å². The molecule has 1 heterocycles. The number of ether oxygens (including phenoxy) is 2. The number of rotatable bonds is 14. The number of aryl methyl sites for hydroxylation is 1. The van der Waals surface area contributed by atoms with Gasteiger partial charge in [-0.15, -0.1) is 0 Å². The maximum absolute atomic E-state index is 13.6. The fourth-order valence-electron chi connectivity index (χ4n) is 3.59. The van der Waals surface area contributed by atoms with Crippen LogP contribution in [-0.2, 0) is 29.7 Å². The minimum absolute atomic E-state index is 0.0707. The predicted octanol–water partition coefficient (Wildman–Crippen LogP) is 1.90. The van der Waals surface area contributed by atoms with Gasteiger partial charge in [-0.1, -0.05) is 12.1 Å². The molecule has 39 heavy (non-hydrogen) atoms. The van der Waals surface area contributed by atoms with E-state index in [2.05, 4.69) is 5.16 Å². The van der Waals surface area contributed by atoms with E-state index in [0.717, 1.165) is 10.4 Å². The standard InChI is InChI=1S/C24H29N5O8S2/c1-18-15-19(34-13-6-14-36-28-24(26)27)17-20(16-18)37-39(32,33)22-8-3-2-7-21(22)38(30,31)29(11-5-10-25)23-9-4-12-35-23/h2-4,7-8,12,15-17,23H,5-6,9,11,13-14H2,1H3,(H4,26,27,28). The van der Waals surface area contributed by atoms with Crippen molar-refractivity contribution in [3.8, 4) is 17.6 Å². The maximum atomic E-state index is 13.6. The molecule has 0 bridgehead atoms. The van der Waals surface area contributed by atoms with E-state index < -0.39 is 36.2 Å². The van der Waals surface area contributed by atoms with Crippen LogP contribution in [0.1, 0.15) is 24.8 Å². The van der Waals surface area contributed by atoms with E-state index in [9.17, 15) is 16.8 Å². The van der Waals surface area contributed by atoms with Crippen molar-refractivity contribution in [3.63, 3.8) is 0 Å². The fourth-order valence-corrected chi connectivity index (χ4v) is 6.81. The molecule has 0 aliphatic carbocycles. The molecule has 0 amide bonds. The Morgan fingerprint density at radius 3 is 2.51 bits per heavy atom. The average Bonchev–Trinajstić information content (AvgIpc) is 3.40. The van der Waals surface area contributed by atoms with Crippen molar-refractivity contribution in [2.75, 3.05) is 19.8 Å². The zero-order valence-electron chi connectivity index (χ0n) is 21.1. The number of guanidine groups is 1. The fraction of sp³-hybridized carbons (Fsp3) is 0.333. The third-order valence-corrected chi connectivity index (χ3v) is 8.57. The number of hydrogen-bond acceptors (Lipinski definition) is 10. The molecule has 0 spiro atoms. The second-order valence-electron chi connectivity index (χ2n) is 8.24. The Balaban J connectivity index is 1.83. The molecule has 15 heteroatoms. The van der Waals surface area contributed by atoms with Crippen LogP contribution in [0, 0.1) is 18.3 Å². The van der Waals surface area contributed by atoms with Gasteiger partial charge in [0.05, 0.1) is 18.9 Å². The van der Waals surface area contributed by atoms with E-state index in [1.807, 2.05) is 6.07 Å². The Bertz CT molecular complexity index is 1460. The van der Waals surface area contributed by atoms with Crippen LogP contribution in [0.25, 0.3) is 0 Å². The van der Waals surface area contributed by atoms with Crippen molar-refractivity contribution in [2.24, 2.45) is 16.6 Å². The maximum Gasteiger partial charge on any atom is 0.340 e. The van der Waals surface area contributed by atoms with Gasteiger partial charge in [-0.3, -0.25) is 0 Å². The first kappa shape index (κ1) is 29.6. The Kier molecular flexibility index (Phi) is 9.99. The third kappa shape index (κ3) is 7.99. The molecule has 1 aliphatic rings. The smallest absolute Gasteiger partial charge is 0.340 e. The quantitative estimate of drug-likeness (QED) is 0.109. The second kappa shape index (κ2) is 13.2. The van der Waals surface area contributed by atoms with Gasteiger partial charge in [0.25, 0.3) is 0 Å². The Labute approximate surface area is 227 Å². The van der Waals surface area contributed by atoms with Crippen LogP contribution in [0.5, 0.6) is 11.5 Å². The highest BCUT2D eigenvalue weighted by atomic mass is 32.2. The Morgan fingerprint density at radius 2 is 1.85 bits per heavy atom. The van der Waals surface area contributed by atoms with Gasteiger partial charge in [0.2, 0.25) is 16.0 Å². The van der Waals surface area contributed by atoms with Gasteiger partial charge in [0, 0.05) is 31.9 Å². The zero-order chi connectivity index (χ0) is 28.5. The highest BCUT2D eigenvalue weighted by molar-refractivity contribution is 7.91. The summed E-state index contributed by atoms with van der Waals surface area (Å²) in [6, 6.07) is 11.5. The zero-order valence-corrected chi connectivity index (χ0v) is 22.7. The van der Waals surface area contributed by atoms with E-state index in [1.54, 1.807) is 19.1 Å². The summed E-state index contributed by atoms with van der Waals surface area (Å²) in [7, 11) is -9.03. The molecule has 2 aromatic carbocycles. The molecule has 1 unspecified atom stereocenters. The van der Waals surface area contributed by atoms with Crippen molar-refractivity contribution in [3.05, 3.63) is 60.4 Å². The molecule has 0 aromatic heterocycles. The number of nitrogens with two attached hydrogens (primary N) is 2. The summed E-state index contributed by atoms with van der Waals surface area (Å²) in [6.45, 7) is 1.94. The first-order valence-corrected chi connectivity index (χ1v) is 14.6. The SMILES string of the molecule is Cc1cc(OCCCON=C(N)N)cc(OS(=O)(=O)c2ccccc2S(=O)(=O)N(CCC#N)C2CC=CO2)c1. The van der Waals surface area contributed by atoms with Gasteiger partial charge < -0.3 is 30.0 Å². The van der Waals surface area contributed by atoms with Crippen LogP contribution in [-0.4, -0.2) is 53.1 Å². The molecular formula is C24H29N5O8S2. The highest BCUT2D eigenvalue weighted by Gasteiger charge is 2.37. The molecule has 0 saturated heterocycles. The molecule has 3 rings (SSSR count). The van der Waals surface area contributed by atoms with E-state index in [1.165, 1.54) is 36.6 Å². The lowest BCUT2D eigenvalue weighted by atomic mass is 10.2. The van der Waals surface area contributed by atoms with Gasteiger partial charge in [0.1, 0.15) is 27.9 Å². The van der Waals surface area contributed by atoms with E-state index >= 15 is 0 Å². The van der Waals surface area contributed by atoms with E-state index in [0.29, 0.717) is 17.7 Å². The molecule has 1 aliphatic heterocycles. The van der Waals surface area contributed by atoms with Crippen molar-refractivity contribution in [2.45, 2.75) is 42.2 Å². The number of nitrogens with zero attached hydrogens (tertiary/aromatic N) is 3. The highest BCUT2D eigenvalue weighted by Crippen LogP contribution is 2.31. The van der Waals surface area contributed by atoms with Crippen LogP contribution in [0.4, 0.5) is 0 Å². The largest absolute Gasteiger partial charge is 0.493 e. The molecule has 13 nitrogen and oxygen atoms in total.